The molecule has 26 heavy (non-hydrogen) atoms. The summed E-state index contributed by atoms with van der Waals surface area (Å²) in [7, 11) is -0.703. The number of anilines is 1. The van der Waals surface area contributed by atoms with Gasteiger partial charge in [-0.1, -0.05) is 11.6 Å². The van der Waals surface area contributed by atoms with E-state index in [-0.39, 0.29) is 17.0 Å². The van der Waals surface area contributed by atoms with Gasteiger partial charge >= 0.3 is 0 Å². The molecule has 0 fully saturated rings. The van der Waals surface area contributed by atoms with Crippen molar-refractivity contribution in [1.29, 1.82) is 0 Å². The summed E-state index contributed by atoms with van der Waals surface area (Å²) < 4.78 is 25.1. The number of amides is 2. The number of carbonyl (C=O) groups is 2. The van der Waals surface area contributed by atoms with Gasteiger partial charge in [0.05, 0.1) is 11.4 Å². The van der Waals surface area contributed by atoms with Crippen LogP contribution >= 0.6 is 11.6 Å². The van der Waals surface area contributed by atoms with Crippen molar-refractivity contribution in [2.24, 2.45) is 0 Å². The first-order chi connectivity index (χ1) is 12.2. The lowest BCUT2D eigenvalue weighted by Crippen LogP contribution is -2.32. The molecule has 0 unspecified atom stereocenters. The number of sulfonamides is 1. The minimum atomic E-state index is -3.55. The van der Waals surface area contributed by atoms with Gasteiger partial charge in [-0.15, -0.1) is 0 Å². The minimum absolute atomic E-state index is 0.0829. The van der Waals surface area contributed by atoms with E-state index in [4.69, 9.17) is 11.6 Å². The van der Waals surface area contributed by atoms with Crippen molar-refractivity contribution >= 4 is 39.1 Å². The molecule has 0 spiro atoms. The quantitative estimate of drug-likeness (QED) is 0.781. The maximum Gasteiger partial charge on any atom is 0.251 e. The molecule has 2 aromatic carbocycles. The number of carbonyl (C=O) groups excluding carboxylic acids is 2. The Morgan fingerprint density at radius 1 is 1.00 bits per heavy atom. The van der Waals surface area contributed by atoms with Gasteiger partial charge in [0, 0.05) is 30.4 Å². The van der Waals surface area contributed by atoms with Crippen molar-refractivity contribution in [2.75, 3.05) is 26.0 Å². The summed E-state index contributed by atoms with van der Waals surface area (Å²) in [6.45, 7) is -0.223. The molecule has 138 valence electrons. The fourth-order valence-corrected chi connectivity index (χ4v) is 3.02. The van der Waals surface area contributed by atoms with Crippen LogP contribution in [0.3, 0.4) is 0 Å². The van der Waals surface area contributed by atoms with Crippen LogP contribution in [-0.2, 0) is 14.8 Å². The molecule has 0 atom stereocenters. The van der Waals surface area contributed by atoms with E-state index in [0.717, 1.165) is 4.31 Å². The predicted molar refractivity (Wildman–Crippen MR) is 99.7 cm³/mol. The Hall–Kier alpha value is -2.42. The highest BCUT2D eigenvalue weighted by molar-refractivity contribution is 7.89. The van der Waals surface area contributed by atoms with Crippen LogP contribution in [0.15, 0.2) is 53.4 Å². The molecule has 0 radical (unpaired) electrons. The lowest BCUT2D eigenvalue weighted by atomic mass is 10.2. The summed E-state index contributed by atoms with van der Waals surface area (Å²) in [5.74, 6) is -0.877. The van der Waals surface area contributed by atoms with Crippen LogP contribution in [0, 0.1) is 0 Å². The highest BCUT2D eigenvalue weighted by Gasteiger charge is 2.17. The van der Waals surface area contributed by atoms with E-state index in [1.807, 2.05) is 0 Å². The number of hydrogen-bond acceptors (Lipinski definition) is 4. The van der Waals surface area contributed by atoms with Gasteiger partial charge in [-0.3, -0.25) is 9.59 Å². The number of rotatable bonds is 6. The molecular formula is C17H18ClN3O4S. The van der Waals surface area contributed by atoms with Gasteiger partial charge in [0.25, 0.3) is 5.91 Å². The molecule has 9 heteroatoms. The average molecular weight is 396 g/mol. The van der Waals surface area contributed by atoms with Gasteiger partial charge < -0.3 is 10.6 Å². The second-order valence-corrected chi connectivity index (χ2v) is 8.14. The highest BCUT2D eigenvalue weighted by atomic mass is 35.5. The molecule has 0 aliphatic heterocycles. The third kappa shape index (κ3) is 5.04. The maximum absolute atomic E-state index is 12.1. The summed E-state index contributed by atoms with van der Waals surface area (Å²) in [6.07, 6.45) is 0. The van der Waals surface area contributed by atoms with Crippen LogP contribution in [0.1, 0.15) is 10.4 Å². The van der Waals surface area contributed by atoms with Crippen LogP contribution in [-0.4, -0.2) is 45.2 Å². The van der Waals surface area contributed by atoms with Gasteiger partial charge in [-0.2, -0.15) is 0 Å². The first-order valence-corrected chi connectivity index (χ1v) is 9.38. The van der Waals surface area contributed by atoms with E-state index in [2.05, 4.69) is 10.6 Å². The smallest absolute Gasteiger partial charge is 0.251 e. The zero-order chi connectivity index (χ0) is 19.3. The van der Waals surface area contributed by atoms with E-state index in [1.165, 1.54) is 38.4 Å². The second kappa shape index (κ2) is 8.31. The molecule has 2 N–H and O–H groups in total. The van der Waals surface area contributed by atoms with Crippen molar-refractivity contribution < 1.29 is 18.0 Å². The Morgan fingerprint density at radius 3 is 2.12 bits per heavy atom. The molecule has 0 heterocycles. The van der Waals surface area contributed by atoms with Gasteiger partial charge in [0.1, 0.15) is 0 Å². The SMILES string of the molecule is CN(C)S(=O)(=O)c1ccc(C(=O)NCC(=O)Nc2ccc(Cl)cc2)cc1. The first-order valence-electron chi connectivity index (χ1n) is 7.56. The number of benzene rings is 2. The summed E-state index contributed by atoms with van der Waals surface area (Å²) in [5, 5.41) is 5.65. The molecule has 0 saturated heterocycles. The average Bonchev–Trinajstić information content (AvgIpc) is 2.61. The third-order valence-electron chi connectivity index (χ3n) is 3.43. The number of halogens is 1. The van der Waals surface area contributed by atoms with E-state index >= 15 is 0 Å². The Labute approximate surface area is 157 Å². The largest absolute Gasteiger partial charge is 0.343 e. The minimum Gasteiger partial charge on any atom is -0.343 e. The third-order valence-corrected chi connectivity index (χ3v) is 5.51. The molecule has 0 aliphatic carbocycles. The lowest BCUT2D eigenvalue weighted by Gasteiger charge is -2.11. The Balaban J connectivity index is 1.93. The molecule has 0 saturated carbocycles. The molecule has 7 nitrogen and oxygen atoms in total. The van der Waals surface area contributed by atoms with Crippen molar-refractivity contribution in [3.63, 3.8) is 0 Å². The van der Waals surface area contributed by atoms with Crippen LogP contribution in [0.4, 0.5) is 5.69 Å². The number of nitrogens with one attached hydrogen (secondary N) is 2. The normalized spacial score (nSPS) is 11.2. The summed E-state index contributed by atoms with van der Waals surface area (Å²) in [6, 6.07) is 12.0. The van der Waals surface area contributed by atoms with Crippen molar-refractivity contribution in [3.8, 4) is 0 Å². The molecule has 0 aliphatic rings. The monoisotopic (exact) mass is 395 g/mol. The van der Waals surface area contributed by atoms with Crippen LogP contribution in [0.25, 0.3) is 0 Å². The molecule has 2 amide bonds. The van der Waals surface area contributed by atoms with Crippen molar-refractivity contribution in [3.05, 3.63) is 59.1 Å². The molecule has 0 aromatic heterocycles. The van der Waals surface area contributed by atoms with Crippen LogP contribution in [0.2, 0.25) is 5.02 Å². The van der Waals surface area contributed by atoms with Gasteiger partial charge in [-0.05, 0) is 48.5 Å². The molecule has 2 aromatic rings. The van der Waals surface area contributed by atoms with E-state index in [9.17, 15) is 18.0 Å². The topological polar surface area (TPSA) is 95.6 Å². The van der Waals surface area contributed by atoms with Crippen LogP contribution in [0.5, 0.6) is 0 Å². The first kappa shape index (κ1) is 19.9. The summed E-state index contributed by atoms with van der Waals surface area (Å²) in [4.78, 5) is 24.0. The van der Waals surface area contributed by atoms with E-state index in [0.29, 0.717) is 10.7 Å². The van der Waals surface area contributed by atoms with Crippen molar-refractivity contribution in [1.82, 2.24) is 9.62 Å². The summed E-state index contributed by atoms with van der Waals surface area (Å²) in [5.41, 5.74) is 0.814. The Morgan fingerprint density at radius 2 is 1.58 bits per heavy atom. The van der Waals surface area contributed by atoms with Crippen molar-refractivity contribution in [2.45, 2.75) is 4.90 Å². The fraction of sp³-hybridized carbons (Fsp3) is 0.176. The van der Waals surface area contributed by atoms with Gasteiger partial charge in [0.2, 0.25) is 15.9 Å². The zero-order valence-corrected chi connectivity index (χ0v) is 15.8. The highest BCUT2D eigenvalue weighted by Crippen LogP contribution is 2.14. The summed E-state index contributed by atoms with van der Waals surface area (Å²) >= 11 is 5.77. The molecule has 0 bridgehead atoms. The zero-order valence-electron chi connectivity index (χ0n) is 14.2. The lowest BCUT2D eigenvalue weighted by molar-refractivity contribution is -0.115. The molecule has 2 rings (SSSR count). The van der Waals surface area contributed by atoms with Crippen LogP contribution < -0.4 is 10.6 Å². The van der Waals surface area contributed by atoms with Gasteiger partial charge in [-0.25, -0.2) is 12.7 Å². The fourth-order valence-electron chi connectivity index (χ4n) is 1.99. The molecular weight excluding hydrogens is 378 g/mol. The van der Waals surface area contributed by atoms with E-state index < -0.39 is 21.8 Å². The second-order valence-electron chi connectivity index (χ2n) is 5.55. The predicted octanol–water partition coefficient (Wildman–Crippen LogP) is 1.96. The Bertz CT molecular complexity index is 895. The standard InChI is InChI=1S/C17H18ClN3O4S/c1-21(2)26(24,25)15-9-3-12(4-10-15)17(23)19-11-16(22)20-14-7-5-13(18)6-8-14/h3-10H,11H2,1-2H3,(H,19,23)(H,20,22). The number of nitrogens with zero attached hydrogens (tertiary/aromatic N) is 1. The Kier molecular flexibility index (Phi) is 6.36. The van der Waals surface area contributed by atoms with Gasteiger partial charge in [0.15, 0.2) is 0 Å². The number of hydrogen-bond donors (Lipinski definition) is 2. The van der Waals surface area contributed by atoms with E-state index in [1.54, 1.807) is 24.3 Å². The maximum atomic E-state index is 12.1.